The van der Waals surface area contributed by atoms with Gasteiger partial charge in [0.2, 0.25) is 0 Å². The van der Waals surface area contributed by atoms with Gasteiger partial charge in [0.05, 0.1) is 5.56 Å². The molecule has 0 aliphatic rings. The van der Waals surface area contributed by atoms with Crippen molar-refractivity contribution in [2.75, 3.05) is 5.32 Å². The van der Waals surface area contributed by atoms with Gasteiger partial charge in [0.25, 0.3) is 0 Å². The van der Waals surface area contributed by atoms with E-state index in [1.807, 2.05) is 19.1 Å². The zero-order chi connectivity index (χ0) is 20.9. The second-order valence-corrected chi connectivity index (χ2v) is 7.16. The summed E-state index contributed by atoms with van der Waals surface area (Å²) in [6.45, 7) is 1.83. The molecule has 3 aromatic rings. The van der Waals surface area contributed by atoms with E-state index in [0.717, 1.165) is 22.6 Å². The molecule has 29 heavy (non-hydrogen) atoms. The molecule has 0 aliphatic heterocycles. The first kappa shape index (κ1) is 20.7. The molecule has 0 radical (unpaired) electrons. The first-order chi connectivity index (χ1) is 13.8. The lowest BCUT2D eigenvalue weighted by molar-refractivity contribution is -0.137. The van der Waals surface area contributed by atoms with Crippen LogP contribution in [0.3, 0.4) is 0 Å². The molecule has 0 spiro atoms. The molecule has 2 aromatic carbocycles. The van der Waals surface area contributed by atoms with E-state index in [-0.39, 0.29) is 6.54 Å². The predicted molar refractivity (Wildman–Crippen MR) is 105 cm³/mol. The minimum absolute atomic E-state index is 0.0198. The SMILES string of the molecule is Cc1cc(Sc2ncccn2)ccc1NC(=O)NCc1cccc(C(F)(F)F)c1. The van der Waals surface area contributed by atoms with E-state index in [9.17, 15) is 18.0 Å². The maximum Gasteiger partial charge on any atom is 0.416 e. The number of halogens is 3. The van der Waals surface area contributed by atoms with Crippen molar-refractivity contribution in [2.45, 2.75) is 29.7 Å². The second-order valence-electron chi connectivity index (χ2n) is 6.12. The van der Waals surface area contributed by atoms with Crippen LogP contribution < -0.4 is 10.6 Å². The molecular formula is C20H17F3N4OS. The van der Waals surface area contributed by atoms with Gasteiger partial charge in [0.1, 0.15) is 0 Å². The van der Waals surface area contributed by atoms with E-state index in [0.29, 0.717) is 16.4 Å². The number of aryl methyl sites for hydroxylation is 1. The highest BCUT2D eigenvalue weighted by atomic mass is 32.2. The fourth-order valence-electron chi connectivity index (χ4n) is 2.49. The van der Waals surface area contributed by atoms with Crippen LogP contribution in [0.4, 0.5) is 23.7 Å². The van der Waals surface area contributed by atoms with Gasteiger partial charge in [-0.25, -0.2) is 14.8 Å². The third-order valence-corrected chi connectivity index (χ3v) is 4.79. The van der Waals surface area contributed by atoms with Crippen LogP contribution in [0.1, 0.15) is 16.7 Å². The van der Waals surface area contributed by atoms with Crippen LogP contribution in [-0.4, -0.2) is 16.0 Å². The van der Waals surface area contributed by atoms with Crippen molar-refractivity contribution in [1.29, 1.82) is 0 Å². The van der Waals surface area contributed by atoms with Gasteiger partial charge in [-0.1, -0.05) is 12.1 Å². The fourth-order valence-corrected chi connectivity index (χ4v) is 3.30. The fraction of sp³-hybridized carbons (Fsp3) is 0.150. The number of alkyl halides is 3. The maximum atomic E-state index is 12.8. The molecule has 150 valence electrons. The molecule has 1 heterocycles. The number of aromatic nitrogens is 2. The van der Waals surface area contributed by atoms with Crippen LogP contribution in [0.15, 0.2) is 71.0 Å². The number of urea groups is 1. The zero-order valence-corrected chi connectivity index (χ0v) is 16.1. The van der Waals surface area contributed by atoms with Gasteiger partial charge in [-0.15, -0.1) is 0 Å². The van der Waals surface area contributed by atoms with Crippen molar-refractivity contribution in [3.05, 3.63) is 77.6 Å². The quantitative estimate of drug-likeness (QED) is 0.554. The molecule has 3 rings (SSSR count). The number of hydrogen-bond donors (Lipinski definition) is 2. The van der Waals surface area contributed by atoms with Gasteiger partial charge < -0.3 is 10.6 Å². The van der Waals surface area contributed by atoms with Crippen LogP contribution in [0.5, 0.6) is 0 Å². The van der Waals surface area contributed by atoms with E-state index in [2.05, 4.69) is 20.6 Å². The van der Waals surface area contributed by atoms with Crippen molar-refractivity contribution >= 4 is 23.5 Å². The number of carbonyl (C=O) groups is 1. The molecule has 9 heteroatoms. The summed E-state index contributed by atoms with van der Waals surface area (Å²) < 4.78 is 38.3. The average molecular weight is 418 g/mol. The molecule has 0 bridgehead atoms. The monoisotopic (exact) mass is 418 g/mol. The summed E-state index contributed by atoms with van der Waals surface area (Å²) in [6.07, 6.45) is -1.10. The van der Waals surface area contributed by atoms with Gasteiger partial charge in [-0.05, 0) is 66.2 Å². The van der Waals surface area contributed by atoms with Crippen LogP contribution in [0.2, 0.25) is 0 Å². The van der Waals surface area contributed by atoms with Gasteiger partial charge in [0, 0.05) is 29.5 Å². The molecule has 0 atom stereocenters. The smallest absolute Gasteiger partial charge is 0.334 e. The highest BCUT2D eigenvalue weighted by Gasteiger charge is 2.30. The summed E-state index contributed by atoms with van der Waals surface area (Å²) in [5, 5.41) is 5.89. The Morgan fingerprint density at radius 3 is 2.52 bits per heavy atom. The lowest BCUT2D eigenvalue weighted by Crippen LogP contribution is -2.28. The first-order valence-electron chi connectivity index (χ1n) is 8.58. The van der Waals surface area contributed by atoms with Crippen molar-refractivity contribution < 1.29 is 18.0 Å². The normalized spacial score (nSPS) is 11.2. The largest absolute Gasteiger partial charge is 0.416 e. The van der Waals surface area contributed by atoms with E-state index < -0.39 is 17.8 Å². The van der Waals surface area contributed by atoms with Crippen LogP contribution in [-0.2, 0) is 12.7 Å². The Morgan fingerprint density at radius 2 is 1.83 bits per heavy atom. The number of benzene rings is 2. The van der Waals surface area contributed by atoms with Crippen molar-refractivity contribution in [2.24, 2.45) is 0 Å². The molecular weight excluding hydrogens is 401 g/mol. The Hall–Kier alpha value is -3.07. The Kier molecular flexibility index (Phi) is 6.38. The third-order valence-electron chi connectivity index (χ3n) is 3.90. The molecule has 5 nitrogen and oxygen atoms in total. The van der Waals surface area contributed by atoms with Crippen molar-refractivity contribution in [1.82, 2.24) is 15.3 Å². The number of rotatable bonds is 5. The number of carbonyl (C=O) groups excluding carboxylic acids is 1. The number of nitrogens with zero attached hydrogens (tertiary/aromatic N) is 2. The van der Waals surface area contributed by atoms with Gasteiger partial charge >= 0.3 is 12.2 Å². The Morgan fingerprint density at radius 1 is 1.07 bits per heavy atom. The third kappa shape index (κ3) is 5.95. The molecule has 2 amide bonds. The van der Waals surface area contributed by atoms with Crippen LogP contribution >= 0.6 is 11.8 Å². The molecule has 0 saturated carbocycles. The van der Waals surface area contributed by atoms with Gasteiger partial charge in [-0.2, -0.15) is 13.2 Å². The first-order valence-corrected chi connectivity index (χ1v) is 9.39. The van der Waals surface area contributed by atoms with Crippen LogP contribution in [0.25, 0.3) is 0 Å². The summed E-state index contributed by atoms with van der Waals surface area (Å²) in [4.78, 5) is 21.3. The molecule has 2 N–H and O–H groups in total. The second kappa shape index (κ2) is 8.95. The number of hydrogen-bond acceptors (Lipinski definition) is 4. The minimum atomic E-state index is -4.42. The predicted octanol–water partition coefficient (Wildman–Crippen LogP) is 5.28. The Bertz CT molecular complexity index is 997. The minimum Gasteiger partial charge on any atom is -0.334 e. The van der Waals surface area contributed by atoms with E-state index in [1.54, 1.807) is 24.5 Å². The lowest BCUT2D eigenvalue weighted by Gasteiger charge is -2.12. The van der Waals surface area contributed by atoms with Crippen molar-refractivity contribution in [3.63, 3.8) is 0 Å². The van der Waals surface area contributed by atoms with Gasteiger partial charge in [-0.3, -0.25) is 0 Å². The van der Waals surface area contributed by atoms with Crippen LogP contribution in [0, 0.1) is 6.92 Å². The lowest BCUT2D eigenvalue weighted by atomic mass is 10.1. The average Bonchev–Trinajstić information content (AvgIpc) is 2.69. The standard InChI is InChI=1S/C20H17F3N4OS/c1-13-10-16(29-19-24-8-3-9-25-19)6-7-17(13)27-18(28)26-12-14-4-2-5-15(11-14)20(21,22)23/h2-11H,12H2,1H3,(H2,26,27,28). The Balaban J connectivity index is 1.58. The highest BCUT2D eigenvalue weighted by Crippen LogP contribution is 2.30. The maximum absolute atomic E-state index is 12.8. The van der Waals surface area contributed by atoms with E-state index >= 15 is 0 Å². The molecule has 0 saturated heterocycles. The Labute approximate surface area is 169 Å². The number of nitrogens with one attached hydrogen (secondary N) is 2. The topological polar surface area (TPSA) is 66.9 Å². The van der Waals surface area contributed by atoms with Crippen molar-refractivity contribution in [3.8, 4) is 0 Å². The summed E-state index contributed by atoms with van der Waals surface area (Å²) in [5.74, 6) is 0. The summed E-state index contributed by atoms with van der Waals surface area (Å²) in [5.41, 5.74) is 1.05. The summed E-state index contributed by atoms with van der Waals surface area (Å²) in [6, 6.07) is 11.6. The zero-order valence-electron chi connectivity index (χ0n) is 15.3. The molecule has 0 unspecified atom stereocenters. The number of amides is 2. The molecule has 1 aromatic heterocycles. The van der Waals surface area contributed by atoms with E-state index in [1.165, 1.54) is 23.9 Å². The molecule has 0 aliphatic carbocycles. The van der Waals surface area contributed by atoms with Gasteiger partial charge in [0.15, 0.2) is 5.16 Å². The van der Waals surface area contributed by atoms with E-state index in [4.69, 9.17) is 0 Å². The summed E-state index contributed by atoms with van der Waals surface area (Å²) >= 11 is 1.40. The number of anilines is 1. The highest BCUT2D eigenvalue weighted by molar-refractivity contribution is 7.99. The summed E-state index contributed by atoms with van der Waals surface area (Å²) in [7, 11) is 0. The molecule has 0 fully saturated rings.